The molecule has 0 fully saturated rings. The number of nitrogens with one attached hydrogen (secondary N) is 1. The lowest BCUT2D eigenvalue weighted by Gasteiger charge is -2.10. The van der Waals surface area contributed by atoms with Crippen molar-refractivity contribution in [2.45, 2.75) is 12.8 Å². The standard InChI is InChI=1S/C14H18N2O7/c1-21-7-8-23-14(18)6-5-13(17)15-11-4-3-10(16(19)20)9-12(11)22-2/h3-4,9H,5-8H2,1-2H3,(H,15,17). The van der Waals surface area contributed by atoms with Crippen LogP contribution < -0.4 is 10.1 Å². The van der Waals surface area contributed by atoms with Gasteiger partial charge in [0.2, 0.25) is 5.91 Å². The molecule has 1 aromatic rings. The van der Waals surface area contributed by atoms with E-state index in [1.54, 1.807) is 0 Å². The second-order valence-electron chi connectivity index (χ2n) is 4.40. The molecule has 0 atom stereocenters. The Balaban J connectivity index is 2.54. The van der Waals surface area contributed by atoms with Crippen LogP contribution >= 0.6 is 0 Å². The van der Waals surface area contributed by atoms with Gasteiger partial charge in [0.05, 0.1) is 36.8 Å². The molecule has 0 aliphatic carbocycles. The van der Waals surface area contributed by atoms with Gasteiger partial charge < -0.3 is 19.5 Å². The van der Waals surface area contributed by atoms with E-state index in [1.165, 1.54) is 32.4 Å². The lowest BCUT2D eigenvalue weighted by molar-refractivity contribution is -0.384. The summed E-state index contributed by atoms with van der Waals surface area (Å²) >= 11 is 0. The van der Waals surface area contributed by atoms with Crippen LogP contribution in [0.4, 0.5) is 11.4 Å². The minimum Gasteiger partial charge on any atom is -0.494 e. The Bertz CT molecular complexity index is 574. The Morgan fingerprint density at radius 3 is 2.57 bits per heavy atom. The highest BCUT2D eigenvalue weighted by atomic mass is 16.6. The number of hydrogen-bond acceptors (Lipinski definition) is 7. The lowest BCUT2D eigenvalue weighted by Crippen LogP contribution is -2.16. The molecule has 0 bridgehead atoms. The molecule has 126 valence electrons. The van der Waals surface area contributed by atoms with Crippen LogP contribution in [0.1, 0.15) is 12.8 Å². The third kappa shape index (κ3) is 6.30. The number of nitro groups is 1. The van der Waals surface area contributed by atoms with E-state index >= 15 is 0 Å². The zero-order valence-electron chi connectivity index (χ0n) is 12.9. The number of rotatable bonds is 9. The molecule has 23 heavy (non-hydrogen) atoms. The molecule has 0 unspecified atom stereocenters. The average molecular weight is 326 g/mol. The van der Waals surface area contributed by atoms with E-state index < -0.39 is 16.8 Å². The van der Waals surface area contributed by atoms with Gasteiger partial charge in [-0.1, -0.05) is 0 Å². The maximum atomic E-state index is 11.8. The molecule has 1 amide bonds. The third-order valence-corrected chi connectivity index (χ3v) is 2.78. The quantitative estimate of drug-likeness (QED) is 0.316. The fourth-order valence-corrected chi connectivity index (χ4v) is 1.64. The molecule has 0 spiro atoms. The Morgan fingerprint density at radius 1 is 1.22 bits per heavy atom. The molecule has 0 aliphatic heterocycles. The molecule has 0 aromatic heterocycles. The number of nitro benzene ring substituents is 1. The Morgan fingerprint density at radius 2 is 1.96 bits per heavy atom. The maximum absolute atomic E-state index is 11.8. The van der Waals surface area contributed by atoms with Gasteiger partial charge in [0.15, 0.2) is 0 Å². The summed E-state index contributed by atoms with van der Waals surface area (Å²) in [4.78, 5) is 33.3. The summed E-state index contributed by atoms with van der Waals surface area (Å²) in [6.45, 7) is 0.422. The number of methoxy groups -OCH3 is 2. The average Bonchev–Trinajstić information content (AvgIpc) is 2.53. The number of carbonyl (C=O) groups is 2. The van der Waals surface area contributed by atoms with E-state index in [-0.39, 0.29) is 43.2 Å². The molecular weight excluding hydrogens is 308 g/mol. The first-order chi connectivity index (χ1) is 11.0. The number of anilines is 1. The SMILES string of the molecule is COCCOC(=O)CCC(=O)Nc1ccc([N+](=O)[O-])cc1OC. The van der Waals surface area contributed by atoms with Crippen LogP contribution in [0.2, 0.25) is 0 Å². The predicted molar refractivity (Wildman–Crippen MR) is 80.3 cm³/mol. The van der Waals surface area contributed by atoms with Crippen LogP contribution in [-0.4, -0.2) is 44.2 Å². The molecule has 1 aromatic carbocycles. The van der Waals surface area contributed by atoms with Crippen molar-refractivity contribution in [3.63, 3.8) is 0 Å². The minimum atomic E-state index is -0.565. The van der Waals surface area contributed by atoms with E-state index in [9.17, 15) is 19.7 Å². The Hall–Kier alpha value is -2.68. The Kier molecular flexibility index (Phi) is 7.48. The van der Waals surface area contributed by atoms with Crippen molar-refractivity contribution in [3.05, 3.63) is 28.3 Å². The molecule has 0 saturated heterocycles. The van der Waals surface area contributed by atoms with Crippen molar-refractivity contribution < 1.29 is 28.7 Å². The van der Waals surface area contributed by atoms with E-state index in [0.717, 1.165) is 0 Å². The number of carbonyl (C=O) groups excluding carboxylic acids is 2. The summed E-state index contributed by atoms with van der Waals surface area (Å²) in [6, 6.07) is 3.82. The van der Waals surface area contributed by atoms with E-state index in [4.69, 9.17) is 14.2 Å². The molecule has 1 rings (SSSR count). The van der Waals surface area contributed by atoms with Crippen molar-refractivity contribution >= 4 is 23.3 Å². The molecule has 0 aliphatic rings. The molecule has 0 heterocycles. The number of nitrogens with zero attached hydrogens (tertiary/aromatic N) is 1. The van der Waals surface area contributed by atoms with Gasteiger partial charge in [-0.2, -0.15) is 0 Å². The van der Waals surface area contributed by atoms with Gasteiger partial charge >= 0.3 is 5.97 Å². The molecule has 9 heteroatoms. The normalized spacial score (nSPS) is 10.0. The summed E-state index contributed by atoms with van der Waals surface area (Å²) in [5.41, 5.74) is 0.137. The monoisotopic (exact) mass is 326 g/mol. The molecule has 0 radical (unpaired) electrons. The number of non-ortho nitro benzene ring substituents is 1. The number of esters is 1. The van der Waals surface area contributed by atoms with Gasteiger partial charge in [-0.05, 0) is 6.07 Å². The highest BCUT2D eigenvalue weighted by Crippen LogP contribution is 2.29. The van der Waals surface area contributed by atoms with Gasteiger partial charge in [-0.15, -0.1) is 0 Å². The number of hydrogen-bond donors (Lipinski definition) is 1. The summed E-state index contributed by atoms with van der Waals surface area (Å²) < 4.78 is 14.6. The number of benzene rings is 1. The zero-order valence-corrected chi connectivity index (χ0v) is 12.9. The van der Waals surface area contributed by atoms with Crippen molar-refractivity contribution in [2.24, 2.45) is 0 Å². The fourth-order valence-electron chi connectivity index (χ4n) is 1.64. The first-order valence-electron chi connectivity index (χ1n) is 6.74. The van der Waals surface area contributed by atoms with E-state index in [0.29, 0.717) is 0 Å². The summed E-state index contributed by atoms with van der Waals surface area (Å²) in [5.74, 6) is -0.774. The van der Waals surface area contributed by atoms with Crippen LogP contribution in [0.25, 0.3) is 0 Å². The molecule has 1 N–H and O–H groups in total. The van der Waals surface area contributed by atoms with Crippen LogP contribution in [0.15, 0.2) is 18.2 Å². The fraction of sp³-hybridized carbons (Fsp3) is 0.429. The van der Waals surface area contributed by atoms with Crippen LogP contribution in [0.5, 0.6) is 5.75 Å². The molecule has 0 saturated carbocycles. The van der Waals surface area contributed by atoms with Crippen LogP contribution in [-0.2, 0) is 19.1 Å². The van der Waals surface area contributed by atoms with E-state index in [1.807, 2.05) is 0 Å². The Labute approximate surface area is 132 Å². The summed E-state index contributed by atoms with van der Waals surface area (Å²) in [7, 11) is 2.82. The van der Waals surface area contributed by atoms with Gasteiger partial charge in [0.25, 0.3) is 5.69 Å². The highest BCUT2D eigenvalue weighted by Gasteiger charge is 2.14. The number of amides is 1. The topological polar surface area (TPSA) is 117 Å². The minimum absolute atomic E-state index is 0.0774. The predicted octanol–water partition coefficient (Wildman–Crippen LogP) is 1.51. The van der Waals surface area contributed by atoms with Crippen molar-refractivity contribution in [2.75, 3.05) is 32.8 Å². The summed E-state index contributed by atoms with van der Waals surface area (Å²) in [6.07, 6.45) is -0.156. The van der Waals surface area contributed by atoms with E-state index in [2.05, 4.69) is 5.32 Å². The van der Waals surface area contributed by atoms with Gasteiger partial charge in [0, 0.05) is 19.6 Å². The van der Waals surface area contributed by atoms with Crippen LogP contribution in [0, 0.1) is 10.1 Å². The smallest absolute Gasteiger partial charge is 0.306 e. The van der Waals surface area contributed by atoms with Gasteiger partial charge in [-0.25, -0.2) is 0 Å². The first kappa shape index (κ1) is 18.4. The van der Waals surface area contributed by atoms with Crippen molar-refractivity contribution in [1.29, 1.82) is 0 Å². The second kappa shape index (κ2) is 9.36. The van der Waals surface area contributed by atoms with Crippen molar-refractivity contribution in [1.82, 2.24) is 0 Å². The zero-order chi connectivity index (χ0) is 17.2. The summed E-state index contributed by atoms with van der Waals surface area (Å²) in [5, 5.41) is 13.2. The first-order valence-corrected chi connectivity index (χ1v) is 6.74. The molecule has 9 nitrogen and oxygen atoms in total. The van der Waals surface area contributed by atoms with Crippen molar-refractivity contribution in [3.8, 4) is 5.75 Å². The number of ether oxygens (including phenoxy) is 3. The highest BCUT2D eigenvalue weighted by molar-refractivity contribution is 5.94. The lowest BCUT2D eigenvalue weighted by atomic mass is 10.2. The van der Waals surface area contributed by atoms with Gasteiger partial charge in [-0.3, -0.25) is 19.7 Å². The largest absolute Gasteiger partial charge is 0.494 e. The third-order valence-electron chi connectivity index (χ3n) is 2.78. The van der Waals surface area contributed by atoms with Crippen LogP contribution in [0.3, 0.4) is 0 Å². The maximum Gasteiger partial charge on any atom is 0.306 e. The van der Waals surface area contributed by atoms with Gasteiger partial charge in [0.1, 0.15) is 12.4 Å². The second-order valence-corrected chi connectivity index (χ2v) is 4.40. The molecular formula is C14H18N2O7.